The summed E-state index contributed by atoms with van der Waals surface area (Å²) in [5.41, 5.74) is 6.20. The average molecular weight is 388 g/mol. The summed E-state index contributed by atoms with van der Waals surface area (Å²) in [7, 11) is 0. The van der Waals surface area contributed by atoms with Crippen molar-refractivity contribution in [1.82, 2.24) is 9.97 Å². The fourth-order valence-corrected chi connectivity index (χ4v) is 4.01. The van der Waals surface area contributed by atoms with Gasteiger partial charge in [-0.3, -0.25) is 5.43 Å². The van der Waals surface area contributed by atoms with Crippen LogP contribution in [0.2, 0.25) is 0 Å². The van der Waals surface area contributed by atoms with Crippen LogP contribution in [0, 0.1) is 0 Å². The Morgan fingerprint density at radius 3 is 2.75 bits per heavy atom. The number of hydrazone groups is 1. The Morgan fingerprint density at radius 1 is 1.00 bits per heavy atom. The highest BCUT2D eigenvalue weighted by Crippen LogP contribution is 2.36. The lowest BCUT2D eigenvalue weighted by Crippen LogP contribution is -2.15. The Hall–Kier alpha value is -3.45. The first kappa shape index (κ1) is 16.7. The molecule has 3 heterocycles. The number of hydrogen-bond acceptors (Lipinski definition) is 7. The first-order valence-corrected chi connectivity index (χ1v) is 9.73. The molecule has 0 bridgehead atoms. The van der Waals surface area contributed by atoms with E-state index >= 15 is 0 Å². The fourth-order valence-electron chi connectivity index (χ4n) is 3.10. The summed E-state index contributed by atoms with van der Waals surface area (Å²) in [6.07, 6.45) is 3.29. The molecule has 0 fully saturated rings. The highest BCUT2D eigenvalue weighted by molar-refractivity contribution is 7.17. The zero-order valence-electron chi connectivity index (χ0n) is 14.8. The minimum absolute atomic E-state index is 0.561. The number of hydrogen-bond donors (Lipinski definition) is 1. The van der Waals surface area contributed by atoms with Crippen LogP contribution in [0.15, 0.2) is 65.3 Å². The van der Waals surface area contributed by atoms with E-state index < -0.39 is 0 Å². The summed E-state index contributed by atoms with van der Waals surface area (Å²) < 4.78 is 11.2. The molecule has 138 valence electrons. The Labute approximate surface area is 165 Å². The zero-order valence-corrected chi connectivity index (χ0v) is 15.6. The van der Waals surface area contributed by atoms with Gasteiger partial charge in [0.15, 0.2) is 17.3 Å². The molecule has 5 rings (SSSR count). The molecule has 0 amide bonds. The van der Waals surface area contributed by atoms with Crippen molar-refractivity contribution in [3.05, 3.63) is 65.8 Å². The van der Waals surface area contributed by atoms with Crippen LogP contribution >= 0.6 is 11.3 Å². The van der Waals surface area contributed by atoms with Crippen LogP contribution in [0.4, 0.5) is 5.82 Å². The molecule has 0 spiro atoms. The smallest absolute Gasteiger partial charge is 0.162 e. The Balaban J connectivity index is 1.44. The minimum Gasteiger partial charge on any atom is -0.486 e. The molecule has 2 aromatic carbocycles. The van der Waals surface area contributed by atoms with Gasteiger partial charge in [-0.15, -0.1) is 11.3 Å². The molecule has 0 radical (unpaired) electrons. The molecule has 1 N–H and O–H groups in total. The summed E-state index contributed by atoms with van der Waals surface area (Å²) in [6, 6.07) is 16.0. The molecule has 7 heteroatoms. The fraction of sp³-hybridized carbons (Fsp3) is 0.0952. The van der Waals surface area contributed by atoms with Gasteiger partial charge in [-0.25, -0.2) is 9.97 Å². The number of anilines is 1. The summed E-state index contributed by atoms with van der Waals surface area (Å²) in [6.45, 7) is 1.14. The van der Waals surface area contributed by atoms with Gasteiger partial charge in [0.05, 0.1) is 11.6 Å². The van der Waals surface area contributed by atoms with Crippen molar-refractivity contribution in [3.8, 4) is 22.6 Å². The van der Waals surface area contributed by atoms with E-state index in [0.717, 1.165) is 38.4 Å². The highest BCUT2D eigenvalue weighted by atomic mass is 32.1. The Bertz CT molecular complexity index is 1160. The molecule has 0 atom stereocenters. The van der Waals surface area contributed by atoms with Gasteiger partial charge in [0.2, 0.25) is 0 Å². The molecule has 0 unspecified atom stereocenters. The van der Waals surface area contributed by atoms with Crippen LogP contribution < -0.4 is 14.9 Å². The third-order valence-corrected chi connectivity index (χ3v) is 5.29. The van der Waals surface area contributed by atoms with Gasteiger partial charge in [0.1, 0.15) is 24.4 Å². The minimum atomic E-state index is 0.561. The van der Waals surface area contributed by atoms with Crippen molar-refractivity contribution in [1.29, 1.82) is 0 Å². The van der Waals surface area contributed by atoms with Gasteiger partial charge in [0, 0.05) is 10.9 Å². The maximum atomic E-state index is 5.61. The lowest BCUT2D eigenvalue weighted by molar-refractivity contribution is 0.171. The van der Waals surface area contributed by atoms with Gasteiger partial charge in [0.25, 0.3) is 0 Å². The van der Waals surface area contributed by atoms with Crippen molar-refractivity contribution in [2.45, 2.75) is 0 Å². The van der Waals surface area contributed by atoms with Crippen molar-refractivity contribution >= 4 is 33.6 Å². The summed E-state index contributed by atoms with van der Waals surface area (Å²) in [4.78, 5) is 9.70. The monoisotopic (exact) mass is 388 g/mol. The third kappa shape index (κ3) is 3.16. The Morgan fingerprint density at radius 2 is 1.86 bits per heavy atom. The molecule has 1 aliphatic heterocycles. The molecule has 28 heavy (non-hydrogen) atoms. The van der Waals surface area contributed by atoms with Gasteiger partial charge < -0.3 is 9.47 Å². The van der Waals surface area contributed by atoms with Crippen molar-refractivity contribution in [2.75, 3.05) is 18.6 Å². The maximum absolute atomic E-state index is 5.61. The van der Waals surface area contributed by atoms with E-state index in [4.69, 9.17) is 9.47 Å². The molecule has 0 saturated carbocycles. The largest absolute Gasteiger partial charge is 0.486 e. The van der Waals surface area contributed by atoms with Crippen LogP contribution in [0.5, 0.6) is 11.5 Å². The Kier molecular flexibility index (Phi) is 4.34. The number of fused-ring (bicyclic) bond motifs is 2. The van der Waals surface area contributed by atoms with E-state index in [0.29, 0.717) is 19.0 Å². The molecule has 0 aliphatic carbocycles. The zero-order chi connectivity index (χ0) is 18.8. The van der Waals surface area contributed by atoms with Crippen molar-refractivity contribution < 1.29 is 9.47 Å². The molecule has 1 aliphatic rings. The maximum Gasteiger partial charge on any atom is 0.162 e. The first-order valence-electron chi connectivity index (χ1n) is 8.85. The normalized spacial score (nSPS) is 13.1. The quantitative estimate of drug-likeness (QED) is 0.409. The second-order valence-corrected chi connectivity index (χ2v) is 7.05. The van der Waals surface area contributed by atoms with E-state index in [9.17, 15) is 0 Å². The van der Waals surface area contributed by atoms with Crippen LogP contribution in [-0.2, 0) is 0 Å². The number of thiophene rings is 1. The molecular formula is C21H16N4O2S. The number of aromatic nitrogens is 2. The van der Waals surface area contributed by atoms with Gasteiger partial charge in [-0.2, -0.15) is 5.10 Å². The van der Waals surface area contributed by atoms with Gasteiger partial charge in [-0.05, 0) is 29.3 Å². The number of rotatable bonds is 4. The second kappa shape index (κ2) is 7.28. The first-order chi connectivity index (χ1) is 13.9. The average Bonchev–Trinajstić information content (AvgIpc) is 3.19. The predicted molar refractivity (Wildman–Crippen MR) is 111 cm³/mol. The molecule has 2 aromatic heterocycles. The van der Waals surface area contributed by atoms with Crippen LogP contribution in [0.1, 0.15) is 5.56 Å². The van der Waals surface area contributed by atoms with Gasteiger partial charge in [-0.1, -0.05) is 30.3 Å². The lowest BCUT2D eigenvalue weighted by atomic mass is 10.1. The molecule has 4 aromatic rings. The number of nitrogens with zero attached hydrogens (tertiary/aromatic N) is 3. The third-order valence-electron chi connectivity index (χ3n) is 4.41. The summed E-state index contributed by atoms with van der Waals surface area (Å²) >= 11 is 1.59. The van der Waals surface area contributed by atoms with Crippen LogP contribution in [-0.4, -0.2) is 29.4 Å². The SMILES string of the molecule is C(=N/Nc1ncnc2scc(-c3ccccc3)c12)/c1ccc2c(c1)OCCO2. The number of ether oxygens (including phenoxy) is 2. The molecule has 6 nitrogen and oxygen atoms in total. The van der Waals surface area contributed by atoms with E-state index in [1.54, 1.807) is 23.9 Å². The number of nitrogens with one attached hydrogen (secondary N) is 1. The van der Waals surface area contributed by atoms with E-state index in [-0.39, 0.29) is 0 Å². The molecule has 0 saturated heterocycles. The second-order valence-electron chi connectivity index (χ2n) is 6.19. The lowest BCUT2D eigenvalue weighted by Gasteiger charge is -2.18. The van der Waals surface area contributed by atoms with Crippen LogP contribution in [0.25, 0.3) is 21.3 Å². The van der Waals surface area contributed by atoms with Crippen molar-refractivity contribution in [2.24, 2.45) is 5.10 Å². The van der Waals surface area contributed by atoms with Gasteiger partial charge >= 0.3 is 0 Å². The summed E-state index contributed by atoms with van der Waals surface area (Å²) in [5.74, 6) is 2.18. The van der Waals surface area contributed by atoms with E-state index in [1.165, 1.54) is 0 Å². The predicted octanol–water partition coefficient (Wildman–Crippen LogP) is 4.58. The standard InChI is InChI=1S/C21H16N4O2S/c1-2-4-15(5-3-1)16-12-28-21-19(16)20(22-13-23-21)25-24-11-14-6-7-17-18(10-14)27-9-8-26-17/h1-7,10-13H,8-9H2,(H,22,23,25)/b24-11-. The van der Waals surface area contributed by atoms with Crippen molar-refractivity contribution in [3.63, 3.8) is 0 Å². The number of benzene rings is 2. The van der Waals surface area contributed by atoms with E-state index in [1.807, 2.05) is 36.4 Å². The summed E-state index contributed by atoms with van der Waals surface area (Å²) in [5, 5.41) is 7.44. The topological polar surface area (TPSA) is 68.6 Å². The van der Waals surface area contributed by atoms with E-state index in [2.05, 4.69) is 38.0 Å². The molecular weight excluding hydrogens is 372 g/mol. The van der Waals surface area contributed by atoms with Crippen LogP contribution in [0.3, 0.4) is 0 Å². The highest BCUT2D eigenvalue weighted by Gasteiger charge is 2.13.